The van der Waals surface area contributed by atoms with Gasteiger partial charge in [-0.15, -0.1) is 0 Å². The van der Waals surface area contributed by atoms with Crippen molar-refractivity contribution in [1.29, 1.82) is 0 Å². The van der Waals surface area contributed by atoms with Crippen LogP contribution in [0.2, 0.25) is 0 Å². The van der Waals surface area contributed by atoms with E-state index in [1.165, 1.54) is 0 Å². The number of aryl methyl sites for hydroxylation is 3. The predicted molar refractivity (Wildman–Crippen MR) is 95.5 cm³/mol. The molecule has 25 heavy (non-hydrogen) atoms. The van der Waals surface area contributed by atoms with Crippen molar-refractivity contribution in [3.05, 3.63) is 52.8 Å². The summed E-state index contributed by atoms with van der Waals surface area (Å²) in [6, 6.07) is 7.63. The Labute approximate surface area is 147 Å². The first-order valence-electron chi connectivity index (χ1n) is 8.58. The van der Waals surface area contributed by atoms with Crippen LogP contribution in [0.3, 0.4) is 0 Å². The Morgan fingerprint density at radius 2 is 1.96 bits per heavy atom. The normalized spacial score (nSPS) is 16.9. The molecule has 1 aromatic heterocycles. The fourth-order valence-corrected chi connectivity index (χ4v) is 3.33. The third-order valence-corrected chi connectivity index (χ3v) is 4.54. The minimum absolute atomic E-state index is 0.0744. The number of rotatable bonds is 4. The van der Waals surface area contributed by atoms with E-state index in [0.717, 1.165) is 29.7 Å². The van der Waals surface area contributed by atoms with E-state index in [-0.39, 0.29) is 17.7 Å². The molecule has 0 spiro atoms. The molecular formula is C19H24N4O2. The number of hydrogen-bond donors (Lipinski definition) is 1. The second-order valence-corrected chi connectivity index (χ2v) is 6.87. The molecule has 2 amide bonds. The monoisotopic (exact) mass is 340 g/mol. The van der Waals surface area contributed by atoms with Gasteiger partial charge in [0.15, 0.2) is 0 Å². The van der Waals surface area contributed by atoms with Crippen LogP contribution < -0.4 is 5.32 Å². The predicted octanol–water partition coefficient (Wildman–Crippen LogP) is 1.93. The molecule has 3 rings (SSSR count). The second-order valence-electron chi connectivity index (χ2n) is 6.87. The summed E-state index contributed by atoms with van der Waals surface area (Å²) in [6.45, 7) is 5.98. The van der Waals surface area contributed by atoms with Gasteiger partial charge in [-0.2, -0.15) is 5.10 Å². The summed E-state index contributed by atoms with van der Waals surface area (Å²) in [5.74, 6) is 0.188. The van der Waals surface area contributed by atoms with Crippen LogP contribution in [0, 0.1) is 19.8 Å². The fraction of sp³-hybridized carbons (Fsp3) is 0.421. The minimum atomic E-state index is -0.167. The summed E-state index contributed by atoms with van der Waals surface area (Å²) in [4.78, 5) is 26.6. The highest BCUT2D eigenvalue weighted by Gasteiger charge is 2.27. The first kappa shape index (κ1) is 17.2. The highest BCUT2D eigenvalue weighted by Crippen LogP contribution is 2.19. The van der Waals surface area contributed by atoms with E-state index < -0.39 is 0 Å². The number of benzene rings is 1. The number of amides is 2. The first-order chi connectivity index (χ1) is 11.9. The summed E-state index contributed by atoms with van der Waals surface area (Å²) in [5, 5.41) is 7.01. The van der Waals surface area contributed by atoms with Gasteiger partial charge in [0.25, 0.3) is 11.8 Å². The maximum Gasteiger partial charge on any atom is 0.271 e. The van der Waals surface area contributed by atoms with E-state index >= 15 is 0 Å². The average molecular weight is 340 g/mol. The van der Waals surface area contributed by atoms with Crippen molar-refractivity contribution < 1.29 is 9.59 Å². The third-order valence-electron chi connectivity index (χ3n) is 4.54. The number of hydrogen-bond acceptors (Lipinski definition) is 3. The largest absolute Gasteiger partial charge is 0.350 e. The molecule has 6 heteroatoms. The van der Waals surface area contributed by atoms with Crippen molar-refractivity contribution in [3.63, 3.8) is 0 Å². The lowest BCUT2D eigenvalue weighted by Gasteiger charge is -2.17. The zero-order valence-corrected chi connectivity index (χ0v) is 15.0. The van der Waals surface area contributed by atoms with Gasteiger partial charge < -0.3 is 10.2 Å². The van der Waals surface area contributed by atoms with Crippen LogP contribution in [0.5, 0.6) is 0 Å². The number of likely N-dealkylation sites (tertiary alicyclic amines) is 1. The lowest BCUT2D eigenvalue weighted by atomic mass is 10.1. The molecule has 1 saturated heterocycles. The molecule has 1 aliphatic rings. The molecule has 2 aromatic rings. The molecule has 2 heterocycles. The number of nitrogens with zero attached hydrogens (tertiary/aromatic N) is 3. The number of aromatic nitrogens is 2. The van der Waals surface area contributed by atoms with Crippen molar-refractivity contribution >= 4 is 11.8 Å². The Kier molecular flexibility index (Phi) is 4.88. The van der Waals surface area contributed by atoms with E-state index in [4.69, 9.17) is 0 Å². The molecule has 1 atom stereocenters. The molecular weight excluding hydrogens is 316 g/mol. The van der Waals surface area contributed by atoms with Gasteiger partial charge in [0, 0.05) is 38.4 Å². The molecule has 0 saturated carbocycles. The summed E-state index contributed by atoms with van der Waals surface area (Å²) >= 11 is 0. The fourth-order valence-electron chi connectivity index (χ4n) is 3.33. The molecule has 1 fully saturated rings. The number of carbonyl (C=O) groups is 2. The van der Waals surface area contributed by atoms with Crippen LogP contribution >= 0.6 is 0 Å². The molecule has 1 aromatic carbocycles. The molecule has 6 nitrogen and oxygen atoms in total. The SMILES string of the molecule is Cc1cc(C)cc(C(=O)N2CCC(CNC(=O)c3ccn(C)n3)C2)c1. The van der Waals surface area contributed by atoms with Gasteiger partial charge in [0.05, 0.1) is 0 Å². The Balaban J connectivity index is 1.54. The first-order valence-corrected chi connectivity index (χ1v) is 8.58. The van der Waals surface area contributed by atoms with Crippen molar-refractivity contribution in [3.8, 4) is 0 Å². The summed E-state index contributed by atoms with van der Waals surface area (Å²) < 4.78 is 1.61. The maximum atomic E-state index is 12.7. The Hall–Kier alpha value is -2.63. The standard InChI is InChI=1S/C19H24N4O2/c1-13-8-14(2)10-16(9-13)19(25)23-7-4-15(12-23)11-20-18(24)17-5-6-22(3)21-17/h5-6,8-10,15H,4,7,11-12H2,1-3H3,(H,20,24). The lowest BCUT2D eigenvalue weighted by Crippen LogP contribution is -2.33. The van der Waals surface area contributed by atoms with Crippen LogP contribution in [-0.2, 0) is 7.05 Å². The Morgan fingerprint density at radius 3 is 2.60 bits per heavy atom. The molecule has 0 aliphatic carbocycles. The van der Waals surface area contributed by atoms with Crippen LogP contribution in [0.1, 0.15) is 38.4 Å². The molecule has 132 valence electrons. The third kappa shape index (κ3) is 4.07. The summed E-state index contributed by atoms with van der Waals surface area (Å²) in [6.07, 6.45) is 2.65. The summed E-state index contributed by atoms with van der Waals surface area (Å²) in [5.41, 5.74) is 3.36. The minimum Gasteiger partial charge on any atom is -0.350 e. The average Bonchev–Trinajstić information content (AvgIpc) is 3.20. The van der Waals surface area contributed by atoms with Crippen LogP contribution in [0.4, 0.5) is 0 Å². The second kappa shape index (κ2) is 7.09. The van der Waals surface area contributed by atoms with Crippen molar-refractivity contribution in [1.82, 2.24) is 20.0 Å². The van der Waals surface area contributed by atoms with E-state index in [0.29, 0.717) is 18.8 Å². The van der Waals surface area contributed by atoms with E-state index in [1.54, 1.807) is 24.0 Å². The Bertz CT molecular complexity index is 776. The topological polar surface area (TPSA) is 67.2 Å². The van der Waals surface area contributed by atoms with Crippen molar-refractivity contribution in [2.45, 2.75) is 20.3 Å². The van der Waals surface area contributed by atoms with Crippen molar-refractivity contribution in [2.75, 3.05) is 19.6 Å². The number of nitrogens with one attached hydrogen (secondary N) is 1. The van der Waals surface area contributed by atoms with Gasteiger partial charge in [0.1, 0.15) is 5.69 Å². The zero-order chi connectivity index (χ0) is 18.0. The van der Waals surface area contributed by atoms with Gasteiger partial charge in [0.2, 0.25) is 0 Å². The molecule has 1 aliphatic heterocycles. The molecule has 1 unspecified atom stereocenters. The maximum absolute atomic E-state index is 12.7. The Morgan fingerprint density at radius 1 is 1.24 bits per heavy atom. The zero-order valence-electron chi connectivity index (χ0n) is 15.0. The smallest absolute Gasteiger partial charge is 0.271 e. The van der Waals surface area contributed by atoms with E-state index in [1.807, 2.05) is 30.9 Å². The highest BCUT2D eigenvalue weighted by molar-refractivity contribution is 5.95. The van der Waals surface area contributed by atoms with E-state index in [9.17, 15) is 9.59 Å². The summed E-state index contributed by atoms with van der Waals surface area (Å²) in [7, 11) is 1.78. The van der Waals surface area contributed by atoms with Crippen LogP contribution in [0.15, 0.2) is 30.5 Å². The van der Waals surface area contributed by atoms with Gasteiger partial charge in [-0.3, -0.25) is 14.3 Å². The quantitative estimate of drug-likeness (QED) is 0.925. The van der Waals surface area contributed by atoms with Gasteiger partial charge in [-0.05, 0) is 44.4 Å². The molecule has 0 bridgehead atoms. The van der Waals surface area contributed by atoms with Gasteiger partial charge >= 0.3 is 0 Å². The van der Waals surface area contributed by atoms with Gasteiger partial charge in [-0.1, -0.05) is 17.2 Å². The van der Waals surface area contributed by atoms with Gasteiger partial charge in [-0.25, -0.2) is 0 Å². The molecule has 0 radical (unpaired) electrons. The van der Waals surface area contributed by atoms with Crippen LogP contribution in [0.25, 0.3) is 0 Å². The van der Waals surface area contributed by atoms with Crippen LogP contribution in [-0.4, -0.2) is 46.1 Å². The number of carbonyl (C=O) groups excluding carboxylic acids is 2. The highest BCUT2D eigenvalue weighted by atomic mass is 16.2. The van der Waals surface area contributed by atoms with Crippen molar-refractivity contribution in [2.24, 2.45) is 13.0 Å². The van der Waals surface area contributed by atoms with E-state index in [2.05, 4.69) is 16.5 Å². The lowest BCUT2D eigenvalue weighted by molar-refractivity contribution is 0.0787. The molecule has 1 N–H and O–H groups in total.